The summed E-state index contributed by atoms with van der Waals surface area (Å²) in [5.74, 6) is 13.9. The third kappa shape index (κ3) is 14.7. The van der Waals surface area contributed by atoms with Gasteiger partial charge >= 0.3 is 0 Å². The molecule has 0 N–H and O–H groups in total. The van der Waals surface area contributed by atoms with Crippen LogP contribution in [-0.4, -0.2) is 36.0 Å². The second-order valence-corrected chi connectivity index (χ2v) is 38.2. The van der Waals surface area contributed by atoms with Gasteiger partial charge in [0.15, 0.2) is 0 Å². The zero-order valence-electron chi connectivity index (χ0n) is 80.4. The van der Waals surface area contributed by atoms with E-state index in [0.29, 0.717) is 0 Å². The third-order valence-corrected chi connectivity index (χ3v) is 29.8. The van der Waals surface area contributed by atoms with E-state index in [4.69, 9.17) is 37.9 Å². The minimum Gasteiger partial charge on any atom is -0.458 e. The van der Waals surface area contributed by atoms with Crippen LogP contribution >= 0.6 is 0 Å². The second kappa shape index (κ2) is 35.8. The smallest absolute Gasteiger partial charge is 0.260 e. The number of benzene rings is 22. The number of para-hydroxylation sites is 14. The van der Waals surface area contributed by atoms with E-state index >= 15 is 0 Å². The molecule has 0 atom stereocenters. The van der Waals surface area contributed by atoms with Crippen LogP contribution in [0.15, 0.2) is 516 Å². The second-order valence-electron chi connectivity index (χ2n) is 38.2. The molecule has 22 aromatic carbocycles. The Bertz CT molecular complexity index is 8990. The fourth-order valence-corrected chi connectivity index (χ4v) is 23.4. The summed E-state index contributed by atoms with van der Waals surface area (Å²) in [4.78, 5) is 6.79. The maximum Gasteiger partial charge on any atom is 0.260 e. The Labute approximate surface area is 862 Å². The number of nitrogens with zero attached hydrogens (tertiary/aromatic N) is 5. The van der Waals surface area contributed by atoms with E-state index in [9.17, 15) is 0 Å². The molecule has 698 valence electrons. The summed E-state index contributed by atoms with van der Waals surface area (Å²) in [6, 6.07) is 179. The van der Waals surface area contributed by atoms with Gasteiger partial charge in [-0.3, -0.25) is 0 Å². The zero-order chi connectivity index (χ0) is 98.1. The zero-order valence-corrected chi connectivity index (χ0v) is 80.4. The van der Waals surface area contributed by atoms with E-state index in [1.807, 2.05) is 127 Å². The first-order chi connectivity index (χ1) is 73.9. The van der Waals surface area contributed by atoms with Crippen LogP contribution in [0.1, 0.15) is 0 Å². The fraction of sp³-hybridized carbons (Fsp3) is 0. The largest absolute Gasteiger partial charge is 0.458 e. The van der Waals surface area contributed by atoms with Crippen molar-refractivity contribution in [2.45, 2.75) is 0 Å². The van der Waals surface area contributed by atoms with E-state index in [-0.39, 0.29) is 26.9 Å². The maximum atomic E-state index is 6.66. The SMILES string of the molecule is c1ccc(N(c2ccccc2)c2ccc3c(c2)Oc2cccc4c2B3c2ccc(N(c3ccccc3)c3ccccc3)cc2O4)cc1.c1ccc(N(c2ccccc2)c2ccc3c(c2)Oc2cccc4c2B3c2ccccc2O4)cc1.c1ccc2c(c1)Oc1cc(-n3c4ccccc4c4ccccc43)cc3c1B2c1ccccc1O3.c1ccc2c(c1)Oc1cccc3c1B2c1ccc(-n2c4ccccc4c4ccccc42)cc1O3. The van der Waals surface area contributed by atoms with Gasteiger partial charge in [0, 0.05) is 137 Å². The van der Waals surface area contributed by atoms with Crippen molar-refractivity contribution in [3.8, 4) is 103 Å². The maximum absolute atomic E-state index is 6.66. The molecule has 0 fully saturated rings. The monoisotopic (exact) mass is 1910 g/mol. The molecule has 2 aromatic heterocycles. The molecule has 17 heteroatoms. The summed E-state index contributed by atoms with van der Waals surface area (Å²) in [6.45, 7) is 0.232. The number of ether oxygens (including phenoxy) is 8. The topological polar surface area (TPSA) is 93.4 Å². The Morgan fingerprint density at radius 3 is 0.611 bits per heavy atom. The van der Waals surface area contributed by atoms with E-state index in [1.54, 1.807) is 0 Å². The Kier molecular flexibility index (Phi) is 20.7. The highest BCUT2D eigenvalue weighted by Gasteiger charge is 2.46. The summed E-state index contributed by atoms with van der Waals surface area (Å²) in [5, 5.41) is 4.98. The van der Waals surface area contributed by atoms with Crippen LogP contribution in [0.5, 0.6) is 92.0 Å². The van der Waals surface area contributed by atoms with Crippen LogP contribution in [0, 0.1) is 0 Å². The van der Waals surface area contributed by atoms with Gasteiger partial charge in [-0.2, -0.15) is 0 Å². The quantitative estimate of drug-likeness (QED) is 0.116. The van der Waals surface area contributed by atoms with Crippen LogP contribution < -0.4 is 118 Å². The lowest BCUT2D eigenvalue weighted by Gasteiger charge is -2.34. The average Bonchev–Trinajstić information content (AvgIpc) is 1.73. The van der Waals surface area contributed by atoms with Gasteiger partial charge in [-0.15, -0.1) is 0 Å². The van der Waals surface area contributed by atoms with Crippen molar-refractivity contribution in [2.75, 3.05) is 14.7 Å². The summed E-state index contributed by atoms with van der Waals surface area (Å²) in [5.41, 5.74) is 30.1. The number of fused-ring (bicyclic) bond motifs is 22. The highest BCUT2D eigenvalue weighted by molar-refractivity contribution is 7.00. The number of rotatable bonds is 11. The summed E-state index contributed by atoms with van der Waals surface area (Å²) < 4.78 is 56.5. The first kappa shape index (κ1) is 86.2. The minimum atomic E-state index is -0.0272. The summed E-state index contributed by atoms with van der Waals surface area (Å²) in [7, 11) is 0. The average molecular weight is 1910 g/mol. The van der Waals surface area contributed by atoms with Crippen LogP contribution in [-0.2, 0) is 0 Å². The molecule has 0 spiro atoms. The molecule has 0 amide bonds. The van der Waals surface area contributed by atoms with Crippen molar-refractivity contribution < 1.29 is 37.9 Å². The van der Waals surface area contributed by atoms with E-state index in [0.717, 1.165) is 193 Å². The van der Waals surface area contributed by atoms with Gasteiger partial charge in [0.2, 0.25) is 0 Å². The number of hydrogen-bond donors (Lipinski definition) is 0. The third-order valence-electron chi connectivity index (χ3n) is 29.8. The van der Waals surface area contributed by atoms with Gasteiger partial charge in [-0.05, 0) is 226 Å². The first-order valence-electron chi connectivity index (χ1n) is 50.5. The number of anilines is 9. The molecule has 0 radical (unpaired) electrons. The summed E-state index contributed by atoms with van der Waals surface area (Å²) in [6.07, 6.45) is 0. The first-order valence-corrected chi connectivity index (χ1v) is 50.5. The number of hydrogen-bond acceptors (Lipinski definition) is 11. The van der Waals surface area contributed by atoms with E-state index in [1.165, 1.54) is 70.9 Å². The molecule has 0 saturated heterocycles. The molecule has 149 heavy (non-hydrogen) atoms. The molecule has 8 aliphatic heterocycles. The molecule has 0 aliphatic carbocycles. The normalized spacial score (nSPS) is 12.7. The van der Waals surface area contributed by atoms with Crippen molar-refractivity contribution in [1.29, 1.82) is 0 Å². The van der Waals surface area contributed by atoms with E-state index < -0.39 is 0 Å². The van der Waals surface area contributed by atoms with Crippen LogP contribution in [0.2, 0.25) is 0 Å². The van der Waals surface area contributed by atoms with Crippen molar-refractivity contribution in [2.24, 2.45) is 0 Å². The standard InChI is InChI=1S/C42H29BN2O2.2C30H18BNO2.C30H20BNO2/c1-5-14-30(15-6-1)44(31-16-7-2-8-17-31)34-24-26-36-40(28-34)46-38-22-13-23-39-42(38)43(36)37-27-25-35(29-41(37)47-39)45(32-18-9-3-10-19-32)33-20-11-4-12-21-33;1-5-13-24-20(9-1)21-10-2-6-14-25(21)32(24)19-17-28-30-29(18-19)34-27-16-8-4-12-23(27)31(30)22-11-3-7-15-26(22)33-28;1-4-11-24-20(8-1)21-9-2-5-12-25(21)32(24)19-16-17-23-29(18-19)34-28-15-7-14-27-30(28)31(23)22-10-3-6-13-26(22)33-27;1-3-10-21(11-4-1)32(22-12-5-2-6-13-22)23-18-19-25-29(20-23)34-28-17-9-16-27-30(28)31(25)24-14-7-8-15-26(24)33-27/h1-29H;2*1-18H;1-20H. The highest BCUT2D eigenvalue weighted by Crippen LogP contribution is 2.48. The lowest BCUT2D eigenvalue weighted by Crippen LogP contribution is -2.57. The molecule has 10 heterocycles. The molecule has 13 nitrogen and oxygen atoms in total. The Morgan fingerprint density at radius 2 is 0.329 bits per heavy atom. The van der Waals surface area contributed by atoms with Crippen molar-refractivity contribution in [3.05, 3.63) is 516 Å². The summed E-state index contributed by atoms with van der Waals surface area (Å²) >= 11 is 0. The van der Waals surface area contributed by atoms with Gasteiger partial charge in [-0.1, -0.05) is 297 Å². The van der Waals surface area contributed by atoms with Crippen molar-refractivity contribution in [1.82, 2.24) is 9.13 Å². The Hall–Kier alpha value is -19.5. The van der Waals surface area contributed by atoms with Crippen LogP contribution in [0.25, 0.3) is 55.0 Å². The van der Waals surface area contributed by atoms with Gasteiger partial charge in [0.05, 0.1) is 27.8 Å². The Morgan fingerprint density at radius 1 is 0.134 bits per heavy atom. The van der Waals surface area contributed by atoms with E-state index in [2.05, 4.69) is 412 Å². The minimum absolute atomic E-state index is 0.0272. The fourth-order valence-electron chi connectivity index (χ4n) is 23.4. The molecule has 0 saturated carbocycles. The van der Waals surface area contributed by atoms with Gasteiger partial charge in [0.1, 0.15) is 92.0 Å². The molecule has 32 rings (SSSR count). The lowest BCUT2D eigenvalue weighted by molar-refractivity contribution is 0.463. The highest BCUT2D eigenvalue weighted by atomic mass is 16.5. The van der Waals surface area contributed by atoms with Gasteiger partial charge in [-0.25, -0.2) is 0 Å². The molecule has 0 bridgehead atoms. The molecular weight excluding hydrogens is 1830 g/mol. The van der Waals surface area contributed by atoms with Gasteiger partial charge in [0.25, 0.3) is 26.9 Å². The predicted octanol–water partition coefficient (Wildman–Crippen LogP) is 26.3. The number of aromatic nitrogens is 2. The molecule has 24 aromatic rings. The predicted molar refractivity (Wildman–Crippen MR) is 609 cm³/mol. The van der Waals surface area contributed by atoms with Crippen molar-refractivity contribution in [3.63, 3.8) is 0 Å². The van der Waals surface area contributed by atoms with Gasteiger partial charge < -0.3 is 61.7 Å². The Balaban J connectivity index is 0.0000000944. The van der Waals surface area contributed by atoms with Crippen LogP contribution in [0.4, 0.5) is 51.2 Å². The van der Waals surface area contributed by atoms with Crippen LogP contribution in [0.3, 0.4) is 0 Å². The molecular formula is C132H85B4N5O8. The lowest BCUT2D eigenvalue weighted by atomic mass is 9.35. The van der Waals surface area contributed by atoms with Crippen molar-refractivity contribution >= 4 is 187 Å². The molecule has 0 unspecified atom stereocenters. The molecule has 8 aliphatic rings.